The maximum Gasteiger partial charge on any atom is 0.306 e. The molecule has 0 atom stereocenters. The lowest BCUT2D eigenvalue weighted by Gasteiger charge is -2.41. The van der Waals surface area contributed by atoms with E-state index in [0.717, 1.165) is 44.5 Å². The van der Waals surface area contributed by atoms with Crippen LogP contribution < -0.4 is 0 Å². The van der Waals surface area contributed by atoms with Gasteiger partial charge in [-0.25, -0.2) is 0 Å². The predicted octanol–water partition coefficient (Wildman–Crippen LogP) is 3.34. The highest BCUT2D eigenvalue weighted by Gasteiger charge is 2.39. The number of rotatable bonds is 5. The summed E-state index contributed by atoms with van der Waals surface area (Å²) in [5, 5.41) is 0. The first-order chi connectivity index (χ1) is 9.70. The number of nitrogens with zero attached hydrogens (tertiary/aromatic N) is 1. The first kappa shape index (κ1) is 15.0. The van der Waals surface area contributed by atoms with Gasteiger partial charge in [0.05, 0.1) is 0 Å². The molecule has 1 fully saturated rings. The number of ether oxygens (including phenoxy) is 1. The second-order valence-electron chi connectivity index (χ2n) is 5.52. The van der Waals surface area contributed by atoms with Crippen molar-refractivity contribution in [1.82, 2.24) is 4.90 Å². The van der Waals surface area contributed by atoms with Gasteiger partial charge >= 0.3 is 5.97 Å². The van der Waals surface area contributed by atoms with E-state index in [-0.39, 0.29) is 5.97 Å². The summed E-state index contributed by atoms with van der Waals surface area (Å²) in [5.74, 6) is -0.0682. The molecule has 0 amide bonds. The van der Waals surface area contributed by atoms with Gasteiger partial charge in [0.15, 0.2) is 0 Å². The zero-order valence-corrected chi connectivity index (χ0v) is 12.6. The van der Waals surface area contributed by atoms with Gasteiger partial charge in [0, 0.05) is 32.4 Å². The molecule has 0 aromatic heterocycles. The van der Waals surface area contributed by atoms with E-state index < -0.39 is 5.60 Å². The van der Waals surface area contributed by atoms with Crippen molar-refractivity contribution in [3.8, 4) is 0 Å². The number of piperidine rings is 1. The van der Waals surface area contributed by atoms with E-state index in [4.69, 9.17) is 4.74 Å². The molecule has 1 heterocycles. The molecule has 3 nitrogen and oxygen atoms in total. The highest BCUT2D eigenvalue weighted by atomic mass is 16.6. The molecule has 0 unspecified atom stereocenters. The maximum atomic E-state index is 12.0. The van der Waals surface area contributed by atoms with E-state index in [1.165, 1.54) is 0 Å². The number of likely N-dealkylation sites (tertiary alicyclic amines) is 1. The third kappa shape index (κ3) is 3.40. The number of carbonyl (C=O) groups is 1. The van der Waals surface area contributed by atoms with E-state index in [0.29, 0.717) is 6.42 Å². The monoisotopic (exact) mass is 275 g/mol. The van der Waals surface area contributed by atoms with Crippen LogP contribution in [0.3, 0.4) is 0 Å². The fraction of sp³-hybridized carbons (Fsp3) is 0.588. The number of hydrogen-bond donors (Lipinski definition) is 0. The van der Waals surface area contributed by atoms with Gasteiger partial charge in [-0.1, -0.05) is 44.2 Å². The van der Waals surface area contributed by atoms with E-state index in [1.54, 1.807) is 0 Å². The molecule has 110 valence electrons. The maximum absolute atomic E-state index is 12.0. The minimum Gasteiger partial charge on any atom is -0.454 e. The predicted molar refractivity (Wildman–Crippen MR) is 80.5 cm³/mol. The summed E-state index contributed by atoms with van der Waals surface area (Å²) in [6.45, 7) is 7.23. The third-order valence-electron chi connectivity index (χ3n) is 4.17. The quantitative estimate of drug-likeness (QED) is 0.772. The van der Waals surface area contributed by atoms with Crippen LogP contribution in [0.1, 0.15) is 45.1 Å². The largest absolute Gasteiger partial charge is 0.454 e. The molecular formula is C17H25NO2. The molecule has 1 aromatic rings. The van der Waals surface area contributed by atoms with Crippen LogP contribution >= 0.6 is 0 Å². The first-order valence-corrected chi connectivity index (χ1v) is 7.70. The highest BCUT2D eigenvalue weighted by molar-refractivity contribution is 5.70. The van der Waals surface area contributed by atoms with Crippen molar-refractivity contribution >= 4 is 5.97 Å². The topological polar surface area (TPSA) is 29.5 Å². The van der Waals surface area contributed by atoms with Gasteiger partial charge in [0.25, 0.3) is 0 Å². The average molecular weight is 275 g/mol. The van der Waals surface area contributed by atoms with Crippen LogP contribution in [-0.4, -0.2) is 30.5 Å². The normalized spacial score (nSPS) is 18.7. The summed E-state index contributed by atoms with van der Waals surface area (Å²) >= 11 is 0. The zero-order valence-electron chi connectivity index (χ0n) is 12.6. The second kappa shape index (κ2) is 6.89. The average Bonchev–Trinajstić information content (AvgIpc) is 2.49. The minimum atomic E-state index is -0.417. The minimum absolute atomic E-state index is 0.0682. The Balaban J connectivity index is 2.18. The van der Waals surface area contributed by atoms with Crippen molar-refractivity contribution in [2.24, 2.45) is 0 Å². The van der Waals surface area contributed by atoms with Crippen molar-refractivity contribution in [3.63, 3.8) is 0 Å². The second-order valence-corrected chi connectivity index (χ2v) is 5.52. The van der Waals surface area contributed by atoms with Gasteiger partial charge < -0.3 is 9.64 Å². The Bertz CT molecular complexity index is 422. The standard InChI is InChI=1S/C17H25NO2/c1-3-8-16(19)20-17(15-9-6-5-7-10-15)11-13-18(4-2)14-12-17/h5-7,9-10H,3-4,8,11-14H2,1-2H3. The molecule has 0 saturated carbocycles. The lowest BCUT2D eigenvalue weighted by atomic mass is 9.84. The van der Waals surface area contributed by atoms with Gasteiger partial charge in [0.2, 0.25) is 0 Å². The zero-order chi connectivity index (χ0) is 14.4. The number of carbonyl (C=O) groups excluding carboxylic acids is 1. The molecule has 0 N–H and O–H groups in total. The van der Waals surface area contributed by atoms with Crippen LogP contribution in [0, 0.1) is 0 Å². The van der Waals surface area contributed by atoms with Gasteiger partial charge in [0.1, 0.15) is 5.60 Å². The van der Waals surface area contributed by atoms with Crippen molar-refractivity contribution in [3.05, 3.63) is 35.9 Å². The van der Waals surface area contributed by atoms with Gasteiger partial charge in [-0.15, -0.1) is 0 Å². The summed E-state index contributed by atoms with van der Waals surface area (Å²) < 4.78 is 5.93. The number of hydrogen-bond acceptors (Lipinski definition) is 3. The molecule has 1 saturated heterocycles. The summed E-state index contributed by atoms with van der Waals surface area (Å²) in [7, 11) is 0. The molecule has 0 spiro atoms. The smallest absolute Gasteiger partial charge is 0.306 e. The Morgan fingerprint density at radius 2 is 1.85 bits per heavy atom. The number of benzene rings is 1. The third-order valence-corrected chi connectivity index (χ3v) is 4.17. The molecule has 1 aromatic carbocycles. The van der Waals surface area contributed by atoms with Crippen LogP contribution in [-0.2, 0) is 15.1 Å². The fourth-order valence-corrected chi connectivity index (χ4v) is 2.90. The number of esters is 1. The van der Waals surface area contributed by atoms with Crippen molar-refractivity contribution in [1.29, 1.82) is 0 Å². The van der Waals surface area contributed by atoms with E-state index in [2.05, 4.69) is 24.0 Å². The highest BCUT2D eigenvalue weighted by Crippen LogP contribution is 2.37. The van der Waals surface area contributed by atoms with Gasteiger partial charge in [-0.3, -0.25) is 4.79 Å². The summed E-state index contributed by atoms with van der Waals surface area (Å²) in [6, 6.07) is 10.2. The summed E-state index contributed by atoms with van der Waals surface area (Å²) in [4.78, 5) is 14.4. The molecule has 20 heavy (non-hydrogen) atoms. The molecular weight excluding hydrogens is 250 g/mol. The Kier molecular flexibility index (Phi) is 5.18. The Hall–Kier alpha value is -1.35. The molecule has 0 bridgehead atoms. The van der Waals surface area contributed by atoms with E-state index in [9.17, 15) is 4.79 Å². The van der Waals surface area contributed by atoms with Crippen molar-refractivity contribution in [2.75, 3.05) is 19.6 Å². The molecule has 0 aliphatic carbocycles. The molecule has 1 aliphatic heterocycles. The fourth-order valence-electron chi connectivity index (χ4n) is 2.90. The Morgan fingerprint density at radius 3 is 2.40 bits per heavy atom. The molecule has 3 heteroatoms. The van der Waals surface area contributed by atoms with Crippen LogP contribution in [0.15, 0.2) is 30.3 Å². The first-order valence-electron chi connectivity index (χ1n) is 7.70. The van der Waals surface area contributed by atoms with E-state index >= 15 is 0 Å². The molecule has 0 radical (unpaired) electrons. The van der Waals surface area contributed by atoms with Crippen LogP contribution in [0.25, 0.3) is 0 Å². The Labute approximate surface area is 121 Å². The van der Waals surface area contributed by atoms with Gasteiger partial charge in [-0.05, 0) is 18.5 Å². The summed E-state index contributed by atoms with van der Waals surface area (Å²) in [6.07, 6.45) is 3.12. The van der Waals surface area contributed by atoms with Crippen LogP contribution in [0.2, 0.25) is 0 Å². The van der Waals surface area contributed by atoms with E-state index in [1.807, 2.05) is 25.1 Å². The van der Waals surface area contributed by atoms with Crippen molar-refractivity contribution in [2.45, 2.75) is 45.1 Å². The summed E-state index contributed by atoms with van der Waals surface area (Å²) in [5.41, 5.74) is 0.722. The molecule has 1 aliphatic rings. The molecule has 2 rings (SSSR count). The lowest BCUT2D eigenvalue weighted by molar-refractivity contribution is -0.167. The Morgan fingerprint density at radius 1 is 1.20 bits per heavy atom. The van der Waals surface area contributed by atoms with Crippen molar-refractivity contribution < 1.29 is 9.53 Å². The SMILES string of the molecule is CCCC(=O)OC1(c2ccccc2)CCN(CC)CC1. The lowest BCUT2D eigenvalue weighted by Crippen LogP contribution is -2.45. The van der Waals surface area contributed by atoms with Crippen LogP contribution in [0.5, 0.6) is 0 Å². The van der Waals surface area contributed by atoms with Crippen LogP contribution in [0.4, 0.5) is 0 Å². The van der Waals surface area contributed by atoms with Gasteiger partial charge in [-0.2, -0.15) is 0 Å².